The Morgan fingerprint density at radius 3 is 2.89 bits per heavy atom. The molecule has 2 unspecified atom stereocenters. The molecular formula is C15H23FN2O. The van der Waals surface area contributed by atoms with Crippen molar-refractivity contribution in [2.45, 2.75) is 38.1 Å². The lowest BCUT2D eigenvalue weighted by atomic mass is 9.94. The third kappa shape index (κ3) is 3.00. The molecule has 0 radical (unpaired) electrons. The minimum atomic E-state index is -0.256. The minimum Gasteiger partial charge on any atom is -0.497 e. The van der Waals surface area contributed by atoms with E-state index < -0.39 is 0 Å². The predicted molar refractivity (Wildman–Crippen MR) is 76.0 cm³/mol. The third-order valence-corrected chi connectivity index (χ3v) is 4.25. The van der Waals surface area contributed by atoms with Crippen LogP contribution in [-0.4, -0.2) is 19.2 Å². The number of benzene rings is 1. The van der Waals surface area contributed by atoms with Crippen LogP contribution in [0.5, 0.6) is 5.75 Å². The summed E-state index contributed by atoms with van der Waals surface area (Å²) in [6, 6.07) is 4.75. The highest BCUT2D eigenvalue weighted by atomic mass is 19.1. The first-order chi connectivity index (χ1) is 9.12. The number of hydrogen-bond donors (Lipinski definition) is 2. The number of methoxy groups -OCH3 is 1. The van der Waals surface area contributed by atoms with Crippen LogP contribution in [0.25, 0.3) is 0 Å². The van der Waals surface area contributed by atoms with Gasteiger partial charge < -0.3 is 15.8 Å². The number of hydrogen-bond acceptors (Lipinski definition) is 3. The summed E-state index contributed by atoms with van der Waals surface area (Å²) in [6.45, 7) is 2.73. The topological polar surface area (TPSA) is 47.3 Å². The van der Waals surface area contributed by atoms with Gasteiger partial charge in [0, 0.05) is 18.2 Å². The zero-order valence-electron chi connectivity index (χ0n) is 11.7. The largest absolute Gasteiger partial charge is 0.497 e. The summed E-state index contributed by atoms with van der Waals surface area (Å²) in [5.41, 5.74) is 6.25. The molecule has 1 saturated carbocycles. The maximum Gasteiger partial charge on any atom is 0.146 e. The summed E-state index contributed by atoms with van der Waals surface area (Å²) in [6.07, 6.45) is 4.33. The summed E-state index contributed by atoms with van der Waals surface area (Å²) in [7, 11) is 1.58. The van der Waals surface area contributed by atoms with E-state index in [4.69, 9.17) is 10.5 Å². The highest BCUT2D eigenvalue weighted by Gasteiger charge is 2.37. The van der Waals surface area contributed by atoms with Gasteiger partial charge >= 0.3 is 0 Å². The van der Waals surface area contributed by atoms with Gasteiger partial charge in [-0.1, -0.05) is 13.3 Å². The first-order valence-corrected chi connectivity index (χ1v) is 6.94. The smallest absolute Gasteiger partial charge is 0.146 e. The van der Waals surface area contributed by atoms with Crippen molar-refractivity contribution in [3.8, 4) is 5.75 Å². The molecule has 2 atom stereocenters. The van der Waals surface area contributed by atoms with Gasteiger partial charge in [0.25, 0.3) is 0 Å². The van der Waals surface area contributed by atoms with Crippen LogP contribution < -0.4 is 15.8 Å². The first kappa shape index (κ1) is 14.1. The molecule has 0 heterocycles. The molecule has 4 heteroatoms. The summed E-state index contributed by atoms with van der Waals surface area (Å²) >= 11 is 0. The summed E-state index contributed by atoms with van der Waals surface area (Å²) in [5, 5.41) is 3.33. The predicted octanol–water partition coefficient (Wildman–Crippen LogP) is 3.15. The lowest BCUT2D eigenvalue weighted by Crippen LogP contribution is -2.43. The minimum absolute atomic E-state index is 0.173. The number of nitrogens with two attached hydrogens (primary N) is 1. The van der Waals surface area contributed by atoms with Gasteiger partial charge in [0.05, 0.1) is 12.8 Å². The lowest BCUT2D eigenvalue weighted by Gasteiger charge is -2.31. The van der Waals surface area contributed by atoms with Crippen LogP contribution in [0.4, 0.5) is 10.1 Å². The molecule has 106 valence electrons. The van der Waals surface area contributed by atoms with Crippen molar-refractivity contribution >= 4 is 5.69 Å². The quantitative estimate of drug-likeness (QED) is 0.860. The van der Waals surface area contributed by atoms with Crippen molar-refractivity contribution in [1.82, 2.24) is 0 Å². The molecule has 0 aromatic heterocycles. The van der Waals surface area contributed by atoms with Crippen LogP contribution >= 0.6 is 0 Å². The van der Waals surface area contributed by atoms with Gasteiger partial charge in [0.1, 0.15) is 11.6 Å². The fourth-order valence-corrected chi connectivity index (χ4v) is 2.95. The molecule has 0 bridgehead atoms. The Morgan fingerprint density at radius 1 is 1.53 bits per heavy atom. The molecule has 2 rings (SSSR count). The van der Waals surface area contributed by atoms with Crippen LogP contribution in [0, 0.1) is 11.7 Å². The number of halogens is 1. The first-order valence-electron chi connectivity index (χ1n) is 6.94. The van der Waals surface area contributed by atoms with Gasteiger partial charge in [0.2, 0.25) is 0 Å². The molecule has 3 nitrogen and oxygen atoms in total. The molecule has 0 amide bonds. The van der Waals surface area contributed by atoms with Gasteiger partial charge in [-0.25, -0.2) is 4.39 Å². The van der Waals surface area contributed by atoms with Crippen molar-refractivity contribution in [2.24, 2.45) is 11.7 Å². The van der Waals surface area contributed by atoms with E-state index in [0.29, 0.717) is 23.9 Å². The van der Waals surface area contributed by atoms with Crippen LogP contribution in [0.3, 0.4) is 0 Å². The van der Waals surface area contributed by atoms with Crippen LogP contribution in [0.2, 0.25) is 0 Å². The Morgan fingerprint density at radius 2 is 2.32 bits per heavy atom. The average molecular weight is 266 g/mol. The summed E-state index contributed by atoms with van der Waals surface area (Å²) in [4.78, 5) is 0. The maximum absolute atomic E-state index is 13.9. The van der Waals surface area contributed by atoms with Crippen LogP contribution in [0.1, 0.15) is 32.6 Å². The number of anilines is 1. The highest BCUT2D eigenvalue weighted by Crippen LogP contribution is 2.39. The number of rotatable bonds is 5. The van der Waals surface area contributed by atoms with Gasteiger partial charge in [-0.15, -0.1) is 0 Å². The van der Waals surface area contributed by atoms with Crippen molar-refractivity contribution in [1.29, 1.82) is 0 Å². The molecule has 1 fully saturated rings. The fourth-order valence-electron chi connectivity index (χ4n) is 2.95. The average Bonchev–Trinajstić information content (AvgIpc) is 2.85. The molecule has 1 aromatic carbocycles. The van der Waals surface area contributed by atoms with E-state index in [9.17, 15) is 4.39 Å². The second-order valence-electron chi connectivity index (χ2n) is 5.47. The standard InChI is InChI=1S/C15H23FN2O/c1-3-11-6-7-15(9-11,10-17)18-14-8-12(19-2)4-5-13(14)16/h4-5,8,11,18H,3,6-7,9-10,17H2,1-2H3. The second kappa shape index (κ2) is 5.78. The molecular weight excluding hydrogens is 243 g/mol. The Labute approximate surface area is 114 Å². The van der Waals surface area contributed by atoms with E-state index in [0.717, 1.165) is 25.7 Å². The molecule has 1 aromatic rings. The van der Waals surface area contributed by atoms with Gasteiger partial charge in [-0.2, -0.15) is 0 Å². The van der Waals surface area contributed by atoms with E-state index >= 15 is 0 Å². The summed E-state index contributed by atoms with van der Waals surface area (Å²) in [5.74, 6) is 1.08. The molecule has 1 aliphatic carbocycles. The van der Waals surface area contributed by atoms with E-state index in [1.54, 1.807) is 19.2 Å². The SMILES string of the molecule is CCC1CCC(CN)(Nc2cc(OC)ccc2F)C1. The maximum atomic E-state index is 13.9. The molecule has 1 aliphatic rings. The zero-order chi connectivity index (χ0) is 13.9. The van der Waals surface area contributed by atoms with Gasteiger partial charge in [-0.3, -0.25) is 0 Å². The molecule has 0 spiro atoms. The Kier molecular flexibility index (Phi) is 4.30. The Hall–Kier alpha value is -1.29. The zero-order valence-corrected chi connectivity index (χ0v) is 11.7. The van der Waals surface area contributed by atoms with Crippen LogP contribution in [-0.2, 0) is 0 Å². The normalized spacial score (nSPS) is 26.4. The van der Waals surface area contributed by atoms with Crippen molar-refractivity contribution in [3.05, 3.63) is 24.0 Å². The van der Waals surface area contributed by atoms with Gasteiger partial charge in [0.15, 0.2) is 0 Å². The number of ether oxygens (including phenoxy) is 1. The molecule has 0 aliphatic heterocycles. The molecule has 0 saturated heterocycles. The number of nitrogens with one attached hydrogen (secondary N) is 1. The van der Waals surface area contributed by atoms with Gasteiger partial charge in [-0.05, 0) is 37.3 Å². The van der Waals surface area contributed by atoms with E-state index in [1.165, 1.54) is 6.07 Å². The second-order valence-corrected chi connectivity index (χ2v) is 5.47. The monoisotopic (exact) mass is 266 g/mol. The van der Waals surface area contributed by atoms with Crippen molar-refractivity contribution < 1.29 is 9.13 Å². The van der Waals surface area contributed by atoms with Crippen LogP contribution in [0.15, 0.2) is 18.2 Å². The molecule has 19 heavy (non-hydrogen) atoms. The fraction of sp³-hybridized carbons (Fsp3) is 0.600. The lowest BCUT2D eigenvalue weighted by molar-refractivity contribution is 0.412. The highest BCUT2D eigenvalue weighted by molar-refractivity contribution is 5.52. The van der Waals surface area contributed by atoms with E-state index in [-0.39, 0.29) is 11.4 Å². The summed E-state index contributed by atoms with van der Waals surface area (Å²) < 4.78 is 19.0. The third-order valence-electron chi connectivity index (χ3n) is 4.25. The van der Waals surface area contributed by atoms with E-state index in [2.05, 4.69) is 12.2 Å². The Bertz CT molecular complexity index is 438. The van der Waals surface area contributed by atoms with E-state index in [1.807, 2.05) is 0 Å². The van der Waals surface area contributed by atoms with Crippen molar-refractivity contribution in [3.63, 3.8) is 0 Å². The van der Waals surface area contributed by atoms with Crippen molar-refractivity contribution in [2.75, 3.05) is 19.0 Å². The molecule has 3 N–H and O–H groups in total. The Balaban J connectivity index is 2.19.